The minimum absolute atomic E-state index is 0.0450. The predicted molar refractivity (Wildman–Crippen MR) is 114 cm³/mol. The summed E-state index contributed by atoms with van der Waals surface area (Å²) in [6.07, 6.45) is 0. The van der Waals surface area contributed by atoms with Crippen LogP contribution in [0.4, 0.5) is 5.13 Å². The van der Waals surface area contributed by atoms with Gasteiger partial charge in [0.1, 0.15) is 11.5 Å². The minimum Gasteiger partial charge on any atom is -0.497 e. The standard InChI is InChI=1S/C20H20N2O6S2/c1-26-14-5-7-15(8-6-14)30(24,25)12-19(23)22-20-21-16(11-29-20)13-4-9-17(27-2)18(10-13)28-3/h4-11H,12H2,1-3H3,(H,21,22,23). The molecule has 0 bridgehead atoms. The number of aromatic nitrogens is 1. The van der Waals surface area contributed by atoms with Crippen molar-refractivity contribution >= 4 is 32.2 Å². The highest BCUT2D eigenvalue weighted by Crippen LogP contribution is 2.33. The van der Waals surface area contributed by atoms with Gasteiger partial charge < -0.3 is 19.5 Å². The average Bonchev–Trinajstić information content (AvgIpc) is 3.21. The van der Waals surface area contributed by atoms with Crippen LogP contribution < -0.4 is 19.5 Å². The van der Waals surface area contributed by atoms with E-state index < -0.39 is 21.5 Å². The molecule has 8 nitrogen and oxygen atoms in total. The summed E-state index contributed by atoms with van der Waals surface area (Å²) in [7, 11) is 0.788. The molecule has 0 atom stereocenters. The summed E-state index contributed by atoms with van der Waals surface area (Å²) >= 11 is 1.20. The molecule has 0 aliphatic carbocycles. The van der Waals surface area contributed by atoms with Crippen LogP contribution in [0.3, 0.4) is 0 Å². The number of nitrogens with zero attached hydrogens (tertiary/aromatic N) is 1. The maximum atomic E-state index is 12.4. The molecular weight excluding hydrogens is 428 g/mol. The summed E-state index contributed by atoms with van der Waals surface area (Å²) in [6.45, 7) is 0. The Kier molecular flexibility index (Phi) is 6.58. The van der Waals surface area contributed by atoms with E-state index in [9.17, 15) is 13.2 Å². The first-order valence-corrected chi connectivity index (χ1v) is 11.2. The molecule has 30 heavy (non-hydrogen) atoms. The van der Waals surface area contributed by atoms with E-state index in [0.717, 1.165) is 5.56 Å². The third-order valence-electron chi connectivity index (χ3n) is 4.17. The number of methoxy groups -OCH3 is 3. The second-order valence-electron chi connectivity index (χ2n) is 6.09. The average molecular weight is 449 g/mol. The molecule has 0 unspecified atom stereocenters. The van der Waals surface area contributed by atoms with E-state index in [4.69, 9.17) is 14.2 Å². The molecule has 1 heterocycles. The van der Waals surface area contributed by atoms with Crippen molar-refractivity contribution in [1.82, 2.24) is 4.98 Å². The van der Waals surface area contributed by atoms with Gasteiger partial charge in [0.05, 0.1) is 31.9 Å². The van der Waals surface area contributed by atoms with E-state index >= 15 is 0 Å². The second kappa shape index (κ2) is 9.14. The third-order valence-corrected chi connectivity index (χ3v) is 6.56. The van der Waals surface area contributed by atoms with Crippen molar-refractivity contribution in [3.05, 3.63) is 47.8 Å². The van der Waals surface area contributed by atoms with Crippen LogP contribution in [0.1, 0.15) is 0 Å². The van der Waals surface area contributed by atoms with Gasteiger partial charge in [-0.1, -0.05) is 0 Å². The molecule has 0 spiro atoms. The molecule has 0 aliphatic rings. The number of thiazole rings is 1. The molecule has 10 heteroatoms. The van der Waals surface area contributed by atoms with Gasteiger partial charge in [0.25, 0.3) is 0 Å². The van der Waals surface area contributed by atoms with Gasteiger partial charge in [-0.15, -0.1) is 11.3 Å². The van der Waals surface area contributed by atoms with Gasteiger partial charge in [-0.25, -0.2) is 13.4 Å². The number of benzene rings is 2. The zero-order valence-corrected chi connectivity index (χ0v) is 18.2. The molecule has 1 N–H and O–H groups in total. The summed E-state index contributed by atoms with van der Waals surface area (Å²) in [5, 5.41) is 4.60. The van der Waals surface area contributed by atoms with E-state index in [0.29, 0.717) is 28.1 Å². The number of carbonyl (C=O) groups excluding carboxylic acids is 1. The summed E-state index contributed by atoms with van der Waals surface area (Å²) in [6, 6.07) is 11.2. The lowest BCUT2D eigenvalue weighted by atomic mass is 10.1. The lowest BCUT2D eigenvalue weighted by molar-refractivity contribution is -0.113. The fraction of sp³-hybridized carbons (Fsp3) is 0.200. The van der Waals surface area contributed by atoms with Crippen molar-refractivity contribution in [2.45, 2.75) is 4.90 Å². The van der Waals surface area contributed by atoms with Crippen LogP contribution in [-0.4, -0.2) is 46.4 Å². The van der Waals surface area contributed by atoms with Crippen LogP contribution in [0.2, 0.25) is 0 Å². The van der Waals surface area contributed by atoms with Gasteiger partial charge in [-0.05, 0) is 42.5 Å². The molecule has 1 aromatic heterocycles. The third kappa shape index (κ3) is 4.89. The van der Waals surface area contributed by atoms with Crippen molar-refractivity contribution in [1.29, 1.82) is 0 Å². The van der Waals surface area contributed by atoms with Crippen LogP contribution >= 0.6 is 11.3 Å². The molecule has 158 valence electrons. The Morgan fingerprint density at radius 1 is 1.00 bits per heavy atom. The molecule has 0 fully saturated rings. The summed E-state index contributed by atoms with van der Waals surface area (Å²) in [5.41, 5.74) is 1.39. The SMILES string of the molecule is COc1ccc(S(=O)(=O)CC(=O)Nc2nc(-c3ccc(OC)c(OC)c3)cs2)cc1. The van der Waals surface area contributed by atoms with Crippen LogP contribution in [0.25, 0.3) is 11.3 Å². The highest BCUT2D eigenvalue weighted by Gasteiger charge is 2.20. The molecule has 3 rings (SSSR count). The maximum Gasteiger partial charge on any atom is 0.241 e. The van der Waals surface area contributed by atoms with E-state index in [1.165, 1.54) is 49.8 Å². The van der Waals surface area contributed by atoms with E-state index in [-0.39, 0.29) is 4.90 Å². The molecule has 0 aliphatic heterocycles. The van der Waals surface area contributed by atoms with Gasteiger partial charge in [0.2, 0.25) is 5.91 Å². The molecular formula is C20H20N2O6S2. The predicted octanol–water partition coefficient (Wildman–Crippen LogP) is 3.25. The zero-order chi connectivity index (χ0) is 21.7. The van der Waals surface area contributed by atoms with Crippen molar-refractivity contribution in [3.63, 3.8) is 0 Å². The van der Waals surface area contributed by atoms with Crippen molar-refractivity contribution in [3.8, 4) is 28.5 Å². The number of ether oxygens (including phenoxy) is 3. The number of carbonyl (C=O) groups is 1. The Bertz CT molecular complexity index is 1140. The Balaban J connectivity index is 1.70. The number of hydrogen-bond donors (Lipinski definition) is 1. The van der Waals surface area contributed by atoms with Crippen LogP contribution in [-0.2, 0) is 14.6 Å². The number of amides is 1. The second-order valence-corrected chi connectivity index (χ2v) is 8.94. The molecule has 3 aromatic rings. The monoisotopic (exact) mass is 448 g/mol. The van der Waals surface area contributed by atoms with E-state index in [1.807, 2.05) is 6.07 Å². The van der Waals surface area contributed by atoms with Gasteiger partial charge in [0, 0.05) is 10.9 Å². The maximum absolute atomic E-state index is 12.4. The first-order valence-electron chi connectivity index (χ1n) is 8.71. The smallest absolute Gasteiger partial charge is 0.241 e. The first-order chi connectivity index (χ1) is 14.4. The fourth-order valence-electron chi connectivity index (χ4n) is 2.65. The number of anilines is 1. The molecule has 2 aromatic carbocycles. The summed E-state index contributed by atoms with van der Waals surface area (Å²) < 4.78 is 40.4. The van der Waals surface area contributed by atoms with E-state index in [1.54, 1.807) is 24.6 Å². The van der Waals surface area contributed by atoms with Crippen molar-refractivity contribution < 1.29 is 27.4 Å². The molecule has 0 radical (unpaired) electrons. The van der Waals surface area contributed by atoms with Crippen LogP contribution in [0, 0.1) is 0 Å². The highest BCUT2D eigenvalue weighted by molar-refractivity contribution is 7.92. The van der Waals surface area contributed by atoms with Gasteiger partial charge in [-0.2, -0.15) is 0 Å². The normalized spacial score (nSPS) is 11.0. The lowest BCUT2D eigenvalue weighted by Gasteiger charge is -2.08. The number of sulfone groups is 1. The van der Waals surface area contributed by atoms with Crippen LogP contribution in [0.5, 0.6) is 17.2 Å². The Morgan fingerprint density at radius 2 is 1.70 bits per heavy atom. The minimum atomic E-state index is -3.79. The molecule has 1 amide bonds. The molecule has 0 saturated heterocycles. The Morgan fingerprint density at radius 3 is 2.33 bits per heavy atom. The number of hydrogen-bond acceptors (Lipinski definition) is 8. The lowest BCUT2D eigenvalue weighted by Crippen LogP contribution is -2.22. The Hall–Kier alpha value is -3.11. The highest BCUT2D eigenvalue weighted by atomic mass is 32.2. The number of nitrogens with one attached hydrogen (secondary N) is 1. The van der Waals surface area contributed by atoms with Crippen molar-refractivity contribution in [2.24, 2.45) is 0 Å². The van der Waals surface area contributed by atoms with Gasteiger partial charge in [0.15, 0.2) is 26.5 Å². The van der Waals surface area contributed by atoms with E-state index in [2.05, 4.69) is 10.3 Å². The van der Waals surface area contributed by atoms with Gasteiger partial charge >= 0.3 is 0 Å². The number of rotatable bonds is 8. The summed E-state index contributed by atoms with van der Waals surface area (Å²) in [5.74, 6) is 0.320. The quantitative estimate of drug-likeness (QED) is 0.564. The summed E-state index contributed by atoms with van der Waals surface area (Å²) in [4.78, 5) is 16.7. The van der Waals surface area contributed by atoms with Crippen molar-refractivity contribution in [2.75, 3.05) is 32.4 Å². The fourth-order valence-corrected chi connectivity index (χ4v) is 4.52. The molecule has 0 saturated carbocycles. The van der Waals surface area contributed by atoms with Gasteiger partial charge in [-0.3, -0.25) is 4.79 Å². The topological polar surface area (TPSA) is 104 Å². The first kappa shape index (κ1) is 21.6. The van der Waals surface area contributed by atoms with Crippen LogP contribution in [0.15, 0.2) is 52.7 Å². The largest absolute Gasteiger partial charge is 0.497 e. The zero-order valence-electron chi connectivity index (χ0n) is 16.5. The Labute approximate surface area is 178 Å².